The van der Waals surface area contributed by atoms with E-state index in [0.29, 0.717) is 24.2 Å². The molecule has 0 spiro atoms. The Kier molecular flexibility index (Phi) is 4.86. The van der Waals surface area contributed by atoms with Gasteiger partial charge in [0.15, 0.2) is 0 Å². The number of aryl methyl sites for hydroxylation is 1. The molecule has 152 valence electrons. The highest BCUT2D eigenvalue weighted by molar-refractivity contribution is 5.92. The van der Waals surface area contributed by atoms with E-state index in [9.17, 15) is 9.18 Å². The van der Waals surface area contributed by atoms with Gasteiger partial charge in [0.25, 0.3) is 0 Å². The number of nitrogens with zero attached hydrogens (tertiary/aromatic N) is 1. The molecule has 1 unspecified atom stereocenters. The smallest absolute Gasteiger partial charge is 0.228 e. The molecule has 1 saturated carbocycles. The molecular formula is C26H25FN2O. The second-order valence-electron chi connectivity index (χ2n) is 8.77. The fraction of sp³-hybridized carbons (Fsp3) is 0.308. The lowest BCUT2D eigenvalue weighted by atomic mass is 9.91. The number of rotatable bonds is 4. The number of allylic oxidation sites excluding steroid dienone is 1. The van der Waals surface area contributed by atoms with Crippen molar-refractivity contribution < 1.29 is 9.18 Å². The van der Waals surface area contributed by atoms with Crippen molar-refractivity contribution in [2.24, 2.45) is 11.8 Å². The van der Waals surface area contributed by atoms with Gasteiger partial charge in [0.1, 0.15) is 5.82 Å². The van der Waals surface area contributed by atoms with Gasteiger partial charge in [-0.1, -0.05) is 29.3 Å². The fourth-order valence-electron chi connectivity index (χ4n) is 5.23. The van der Waals surface area contributed by atoms with Gasteiger partial charge in [-0.05, 0) is 85.9 Å². The highest BCUT2D eigenvalue weighted by Gasteiger charge is 2.38. The van der Waals surface area contributed by atoms with E-state index in [1.165, 1.54) is 22.8 Å². The molecule has 3 atom stereocenters. The lowest BCUT2D eigenvalue weighted by molar-refractivity contribution is -0.115. The molecule has 1 amide bonds. The molecule has 3 nitrogen and oxygen atoms in total. The summed E-state index contributed by atoms with van der Waals surface area (Å²) in [4.78, 5) is 16.8. The average molecular weight is 400 g/mol. The molecule has 2 aliphatic carbocycles. The Hall–Kier alpha value is -3.01. The normalized spacial score (nSPS) is 22.7. The van der Waals surface area contributed by atoms with Crippen molar-refractivity contribution in [1.29, 1.82) is 0 Å². The number of anilines is 1. The third kappa shape index (κ3) is 3.74. The van der Waals surface area contributed by atoms with Crippen LogP contribution in [0.5, 0.6) is 0 Å². The van der Waals surface area contributed by atoms with E-state index in [2.05, 4.69) is 16.4 Å². The first-order chi connectivity index (χ1) is 14.5. The van der Waals surface area contributed by atoms with Crippen LogP contribution in [0, 0.1) is 24.6 Å². The molecular weight excluding hydrogens is 375 g/mol. The van der Waals surface area contributed by atoms with Crippen molar-refractivity contribution in [3.63, 3.8) is 0 Å². The van der Waals surface area contributed by atoms with E-state index >= 15 is 0 Å². The molecule has 0 bridgehead atoms. The van der Waals surface area contributed by atoms with E-state index < -0.39 is 0 Å². The monoisotopic (exact) mass is 400 g/mol. The number of halogens is 1. The van der Waals surface area contributed by atoms with Crippen molar-refractivity contribution in [3.05, 3.63) is 83.3 Å². The van der Waals surface area contributed by atoms with Crippen LogP contribution in [0.1, 0.15) is 42.7 Å². The highest BCUT2D eigenvalue weighted by Crippen LogP contribution is 2.51. The second kappa shape index (κ2) is 7.67. The molecule has 1 aromatic heterocycles. The first kappa shape index (κ1) is 19.0. The molecule has 0 radical (unpaired) electrons. The van der Waals surface area contributed by atoms with Crippen LogP contribution in [-0.2, 0) is 4.79 Å². The van der Waals surface area contributed by atoms with Crippen molar-refractivity contribution in [2.75, 3.05) is 5.32 Å². The van der Waals surface area contributed by atoms with Crippen LogP contribution >= 0.6 is 0 Å². The number of benzene rings is 2. The minimum absolute atomic E-state index is 0.0530. The molecule has 2 aliphatic rings. The van der Waals surface area contributed by atoms with Gasteiger partial charge in [0, 0.05) is 23.7 Å². The van der Waals surface area contributed by atoms with E-state index in [1.807, 2.05) is 43.5 Å². The Balaban J connectivity index is 1.26. The number of amides is 1. The Morgan fingerprint density at radius 1 is 1.13 bits per heavy atom. The van der Waals surface area contributed by atoms with Crippen LogP contribution in [0.15, 0.2) is 66.4 Å². The van der Waals surface area contributed by atoms with Crippen molar-refractivity contribution in [2.45, 2.75) is 38.5 Å². The van der Waals surface area contributed by atoms with Crippen LogP contribution in [0.3, 0.4) is 0 Å². The SMILES string of the molecule is Cc1ccc(NC(=O)CC2=C[C@H]3C[C@@H](c4ccnc5ccc(F)cc45)CC3C2)cc1. The van der Waals surface area contributed by atoms with E-state index in [4.69, 9.17) is 0 Å². The van der Waals surface area contributed by atoms with E-state index in [0.717, 1.165) is 35.9 Å². The zero-order valence-electron chi connectivity index (χ0n) is 17.1. The van der Waals surface area contributed by atoms with Gasteiger partial charge in [-0.2, -0.15) is 0 Å². The summed E-state index contributed by atoms with van der Waals surface area (Å²) in [5, 5.41) is 3.93. The molecule has 1 N–H and O–H groups in total. The number of carbonyl (C=O) groups excluding carboxylic acids is 1. The van der Waals surface area contributed by atoms with Gasteiger partial charge in [0.2, 0.25) is 5.91 Å². The summed E-state index contributed by atoms with van der Waals surface area (Å²) in [6, 6.07) is 14.8. The molecule has 1 heterocycles. The van der Waals surface area contributed by atoms with Gasteiger partial charge >= 0.3 is 0 Å². The van der Waals surface area contributed by atoms with Gasteiger partial charge in [0.05, 0.1) is 5.52 Å². The fourth-order valence-corrected chi connectivity index (χ4v) is 5.23. The minimum atomic E-state index is -0.211. The zero-order valence-corrected chi connectivity index (χ0v) is 17.1. The Bertz CT molecular complexity index is 1140. The third-order valence-corrected chi connectivity index (χ3v) is 6.62. The summed E-state index contributed by atoms with van der Waals surface area (Å²) in [6.45, 7) is 2.03. The molecule has 0 saturated heterocycles. The predicted molar refractivity (Wildman–Crippen MR) is 118 cm³/mol. The van der Waals surface area contributed by atoms with Gasteiger partial charge in [-0.25, -0.2) is 4.39 Å². The summed E-state index contributed by atoms with van der Waals surface area (Å²) in [7, 11) is 0. The van der Waals surface area contributed by atoms with Crippen LogP contribution < -0.4 is 5.32 Å². The lowest BCUT2D eigenvalue weighted by Crippen LogP contribution is -2.12. The molecule has 30 heavy (non-hydrogen) atoms. The van der Waals surface area contributed by atoms with Crippen LogP contribution in [-0.4, -0.2) is 10.9 Å². The molecule has 4 heteroatoms. The maximum absolute atomic E-state index is 13.8. The number of carbonyl (C=O) groups is 1. The zero-order chi connectivity index (χ0) is 20.7. The summed E-state index contributed by atoms with van der Waals surface area (Å²) >= 11 is 0. The van der Waals surface area contributed by atoms with Gasteiger partial charge < -0.3 is 5.32 Å². The van der Waals surface area contributed by atoms with Crippen molar-refractivity contribution in [3.8, 4) is 0 Å². The average Bonchev–Trinajstić information content (AvgIpc) is 3.27. The van der Waals surface area contributed by atoms with Gasteiger partial charge in [-0.15, -0.1) is 0 Å². The standard InChI is InChI=1S/C26H25FN2O/c1-16-2-5-22(6-3-16)29-26(30)12-17-10-18-13-20(14-19(18)11-17)23-8-9-28-25-7-4-21(27)15-24(23)25/h2-10,15,18-20H,11-14H2,1H3,(H,29,30)/t18-,19?,20+/m0/s1. The number of hydrogen-bond donors (Lipinski definition) is 1. The van der Waals surface area contributed by atoms with Crippen molar-refractivity contribution >= 4 is 22.5 Å². The Labute approximate surface area is 176 Å². The van der Waals surface area contributed by atoms with Crippen LogP contribution in [0.4, 0.5) is 10.1 Å². The molecule has 1 fully saturated rings. The summed E-state index contributed by atoms with van der Waals surface area (Å²) < 4.78 is 13.8. The van der Waals surface area contributed by atoms with E-state index in [-0.39, 0.29) is 11.7 Å². The van der Waals surface area contributed by atoms with Crippen molar-refractivity contribution in [1.82, 2.24) is 4.98 Å². The summed E-state index contributed by atoms with van der Waals surface area (Å²) in [6.07, 6.45) is 7.75. The first-order valence-electron chi connectivity index (χ1n) is 10.7. The van der Waals surface area contributed by atoms with Gasteiger partial charge in [-0.3, -0.25) is 9.78 Å². The number of pyridine rings is 1. The van der Waals surface area contributed by atoms with Crippen LogP contribution in [0.25, 0.3) is 10.9 Å². The predicted octanol–water partition coefficient (Wildman–Crippen LogP) is 6.15. The second-order valence-corrected chi connectivity index (χ2v) is 8.77. The number of nitrogens with one attached hydrogen (secondary N) is 1. The lowest BCUT2D eigenvalue weighted by Gasteiger charge is -2.14. The molecule has 3 aromatic rings. The summed E-state index contributed by atoms with van der Waals surface area (Å²) in [5.74, 6) is 1.35. The minimum Gasteiger partial charge on any atom is -0.326 e. The third-order valence-electron chi connectivity index (χ3n) is 6.62. The maximum atomic E-state index is 13.8. The number of hydrogen-bond acceptors (Lipinski definition) is 2. The molecule has 2 aromatic carbocycles. The number of fused-ring (bicyclic) bond motifs is 2. The largest absolute Gasteiger partial charge is 0.326 e. The maximum Gasteiger partial charge on any atom is 0.228 e. The molecule has 5 rings (SSSR count). The quantitative estimate of drug-likeness (QED) is 0.534. The van der Waals surface area contributed by atoms with E-state index in [1.54, 1.807) is 12.1 Å². The number of aromatic nitrogens is 1. The highest BCUT2D eigenvalue weighted by atomic mass is 19.1. The topological polar surface area (TPSA) is 42.0 Å². The summed E-state index contributed by atoms with van der Waals surface area (Å²) in [5.41, 5.74) is 5.34. The Morgan fingerprint density at radius 2 is 1.97 bits per heavy atom. The molecule has 0 aliphatic heterocycles. The first-order valence-corrected chi connectivity index (χ1v) is 10.7. The Morgan fingerprint density at radius 3 is 2.77 bits per heavy atom. The van der Waals surface area contributed by atoms with Crippen LogP contribution in [0.2, 0.25) is 0 Å².